The number of hydrogen-bond acceptors (Lipinski definition) is 4. The number of nitrogens with zero attached hydrogens (tertiary/aromatic N) is 3. The van der Waals surface area contributed by atoms with E-state index in [-0.39, 0.29) is 30.0 Å². The molecule has 0 saturated heterocycles. The van der Waals surface area contributed by atoms with Gasteiger partial charge in [0, 0.05) is 31.1 Å². The fourth-order valence-electron chi connectivity index (χ4n) is 3.60. The van der Waals surface area contributed by atoms with E-state index in [0.29, 0.717) is 29.6 Å². The van der Waals surface area contributed by atoms with E-state index in [2.05, 4.69) is 10.3 Å². The molecule has 1 aromatic carbocycles. The molecular weight excluding hydrogens is 356 g/mol. The van der Waals surface area contributed by atoms with E-state index in [0.717, 1.165) is 31.5 Å². The van der Waals surface area contributed by atoms with E-state index in [1.165, 1.54) is 4.90 Å². The second-order valence-electron chi connectivity index (χ2n) is 7.57. The third-order valence-corrected chi connectivity index (χ3v) is 5.02. The van der Waals surface area contributed by atoms with E-state index < -0.39 is 0 Å². The Morgan fingerprint density at radius 2 is 2.04 bits per heavy atom. The maximum atomic E-state index is 12.9. The van der Waals surface area contributed by atoms with Gasteiger partial charge in [-0.2, -0.15) is 0 Å². The SMILES string of the molecule is CCN(CC(=O)NC(C)C)C(=O)c1ccc2c(=O)n3c(nc2c1)CCCCC3. The lowest BCUT2D eigenvalue weighted by Gasteiger charge is -2.21. The van der Waals surface area contributed by atoms with Crippen LogP contribution in [-0.4, -0.2) is 45.4 Å². The number of amides is 2. The van der Waals surface area contributed by atoms with Gasteiger partial charge in [0.05, 0.1) is 17.4 Å². The Bertz CT molecular complexity index is 949. The van der Waals surface area contributed by atoms with Gasteiger partial charge in [0.15, 0.2) is 0 Å². The molecule has 0 unspecified atom stereocenters. The summed E-state index contributed by atoms with van der Waals surface area (Å²) in [5.74, 6) is 0.371. The Labute approximate surface area is 164 Å². The van der Waals surface area contributed by atoms with Crippen LogP contribution in [0.25, 0.3) is 10.9 Å². The smallest absolute Gasteiger partial charge is 0.261 e. The molecule has 0 radical (unpaired) electrons. The third kappa shape index (κ3) is 4.24. The van der Waals surface area contributed by atoms with E-state index in [1.807, 2.05) is 20.8 Å². The van der Waals surface area contributed by atoms with Crippen LogP contribution >= 0.6 is 0 Å². The normalized spacial score (nSPS) is 13.9. The maximum absolute atomic E-state index is 12.9. The summed E-state index contributed by atoms with van der Waals surface area (Å²) < 4.78 is 1.77. The second-order valence-corrected chi connectivity index (χ2v) is 7.57. The minimum absolute atomic E-state index is 0.00578. The molecule has 0 bridgehead atoms. The first kappa shape index (κ1) is 20.0. The molecule has 28 heavy (non-hydrogen) atoms. The van der Waals surface area contributed by atoms with Crippen molar-refractivity contribution in [2.24, 2.45) is 0 Å². The van der Waals surface area contributed by atoms with Crippen molar-refractivity contribution in [3.05, 3.63) is 39.9 Å². The van der Waals surface area contributed by atoms with Gasteiger partial charge < -0.3 is 10.2 Å². The molecule has 1 aromatic heterocycles. The van der Waals surface area contributed by atoms with Crippen LogP contribution in [0.4, 0.5) is 0 Å². The number of benzene rings is 1. The molecule has 150 valence electrons. The van der Waals surface area contributed by atoms with Crippen molar-refractivity contribution in [1.29, 1.82) is 0 Å². The molecule has 0 saturated carbocycles. The summed E-state index contributed by atoms with van der Waals surface area (Å²) in [7, 11) is 0. The summed E-state index contributed by atoms with van der Waals surface area (Å²) in [5.41, 5.74) is 0.952. The molecule has 3 rings (SSSR count). The van der Waals surface area contributed by atoms with Crippen LogP contribution in [0.2, 0.25) is 0 Å². The Kier molecular flexibility index (Phi) is 6.11. The molecule has 0 aliphatic carbocycles. The summed E-state index contributed by atoms with van der Waals surface area (Å²) in [5, 5.41) is 3.33. The third-order valence-electron chi connectivity index (χ3n) is 5.02. The lowest BCUT2D eigenvalue weighted by atomic mass is 10.1. The van der Waals surface area contributed by atoms with Crippen molar-refractivity contribution in [2.75, 3.05) is 13.1 Å². The number of carbonyl (C=O) groups is 2. The highest BCUT2D eigenvalue weighted by Crippen LogP contribution is 2.17. The lowest BCUT2D eigenvalue weighted by molar-refractivity contribution is -0.122. The van der Waals surface area contributed by atoms with Crippen molar-refractivity contribution in [1.82, 2.24) is 19.8 Å². The quantitative estimate of drug-likeness (QED) is 0.856. The first-order chi connectivity index (χ1) is 13.4. The highest BCUT2D eigenvalue weighted by atomic mass is 16.2. The number of carbonyl (C=O) groups excluding carboxylic acids is 2. The number of likely N-dealkylation sites (N-methyl/N-ethyl adjacent to an activating group) is 1. The highest BCUT2D eigenvalue weighted by molar-refractivity contribution is 5.99. The number of rotatable bonds is 5. The summed E-state index contributed by atoms with van der Waals surface area (Å²) in [6.45, 7) is 6.73. The standard InChI is InChI=1S/C21H28N4O3/c1-4-24(13-19(26)22-14(2)3)20(27)15-9-10-16-17(12-15)23-18-8-6-5-7-11-25(18)21(16)28/h9-10,12,14H,4-8,11,13H2,1-3H3,(H,22,26). The minimum Gasteiger partial charge on any atom is -0.352 e. The molecule has 7 heteroatoms. The zero-order valence-electron chi connectivity index (χ0n) is 16.8. The topological polar surface area (TPSA) is 84.3 Å². The van der Waals surface area contributed by atoms with Gasteiger partial charge in [-0.1, -0.05) is 6.42 Å². The number of hydrogen-bond donors (Lipinski definition) is 1. The molecule has 1 N–H and O–H groups in total. The van der Waals surface area contributed by atoms with Crippen LogP contribution in [0.3, 0.4) is 0 Å². The Morgan fingerprint density at radius 3 is 2.75 bits per heavy atom. The Hall–Kier alpha value is -2.70. The van der Waals surface area contributed by atoms with Crippen molar-refractivity contribution in [2.45, 2.75) is 59.0 Å². The number of aromatic nitrogens is 2. The maximum Gasteiger partial charge on any atom is 0.261 e. The summed E-state index contributed by atoms with van der Waals surface area (Å²) in [6.07, 6.45) is 3.87. The molecule has 1 aliphatic rings. The average Bonchev–Trinajstić information content (AvgIpc) is 2.90. The molecule has 1 aliphatic heterocycles. The van der Waals surface area contributed by atoms with E-state index in [9.17, 15) is 14.4 Å². The number of fused-ring (bicyclic) bond motifs is 2. The largest absolute Gasteiger partial charge is 0.352 e. The predicted octanol–water partition coefficient (Wildman–Crippen LogP) is 2.11. The van der Waals surface area contributed by atoms with Crippen molar-refractivity contribution >= 4 is 22.7 Å². The minimum atomic E-state index is -0.236. The lowest BCUT2D eigenvalue weighted by Crippen LogP contribution is -2.42. The summed E-state index contributed by atoms with van der Waals surface area (Å²) in [4.78, 5) is 43.9. The Balaban J connectivity index is 1.91. The van der Waals surface area contributed by atoms with Crippen LogP contribution in [0.1, 0.15) is 56.2 Å². The van der Waals surface area contributed by atoms with Gasteiger partial charge in [-0.3, -0.25) is 19.0 Å². The first-order valence-electron chi connectivity index (χ1n) is 10.0. The van der Waals surface area contributed by atoms with Crippen molar-refractivity contribution in [3.63, 3.8) is 0 Å². The summed E-state index contributed by atoms with van der Waals surface area (Å²) in [6, 6.07) is 5.03. The molecule has 2 heterocycles. The van der Waals surface area contributed by atoms with Crippen molar-refractivity contribution < 1.29 is 9.59 Å². The van der Waals surface area contributed by atoms with E-state index in [1.54, 1.807) is 22.8 Å². The number of aryl methyl sites for hydroxylation is 1. The molecule has 2 amide bonds. The summed E-state index contributed by atoms with van der Waals surface area (Å²) >= 11 is 0. The van der Waals surface area contributed by atoms with E-state index in [4.69, 9.17) is 0 Å². The molecule has 7 nitrogen and oxygen atoms in total. The van der Waals surface area contributed by atoms with Crippen LogP contribution in [0, 0.1) is 0 Å². The fourth-order valence-corrected chi connectivity index (χ4v) is 3.60. The van der Waals surface area contributed by atoms with Crippen LogP contribution < -0.4 is 10.9 Å². The first-order valence-corrected chi connectivity index (χ1v) is 10.0. The Morgan fingerprint density at radius 1 is 1.25 bits per heavy atom. The molecule has 0 fully saturated rings. The molecule has 0 atom stereocenters. The van der Waals surface area contributed by atoms with Gasteiger partial charge in [0.2, 0.25) is 5.91 Å². The monoisotopic (exact) mass is 384 g/mol. The van der Waals surface area contributed by atoms with Crippen LogP contribution in [0.15, 0.2) is 23.0 Å². The average molecular weight is 384 g/mol. The van der Waals surface area contributed by atoms with Gasteiger partial charge in [-0.15, -0.1) is 0 Å². The molecule has 0 spiro atoms. The highest BCUT2D eigenvalue weighted by Gasteiger charge is 2.20. The van der Waals surface area contributed by atoms with Gasteiger partial charge in [-0.25, -0.2) is 4.98 Å². The van der Waals surface area contributed by atoms with Crippen LogP contribution in [0.5, 0.6) is 0 Å². The van der Waals surface area contributed by atoms with E-state index >= 15 is 0 Å². The zero-order valence-corrected chi connectivity index (χ0v) is 16.8. The molecular formula is C21H28N4O3. The fraction of sp³-hybridized carbons (Fsp3) is 0.524. The van der Waals surface area contributed by atoms with Gasteiger partial charge in [-0.05, 0) is 51.8 Å². The zero-order chi connectivity index (χ0) is 20.3. The van der Waals surface area contributed by atoms with Gasteiger partial charge >= 0.3 is 0 Å². The van der Waals surface area contributed by atoms with Gasteiger partial charge in [0.1, 0.15) is 5.82 Å². The molecule has 2 aromatic rings. The van der Waals surface area contributed by atoms with Crippen molar-refractivity contribution in [3.8, 4) is 0 Å². The van der Waals surface area contributed by atoms with Crippen LogP contribution in [-0.2, 0) is 17.8 Å². The van der Waals surface area contributed by atoms with Gasteiger partial charge in [0.25, 0.3) is 11.5 Å². The number of nitrogens with one attached hydrogen (secondary N) is 1. The predicted molar refractivity (Wildman–Crippen MR) is 108 cm³/mol. The second kappa shape index (κ2) is 8.54.